The average molecular weight is 360 g/mol. The molecule has 1 N–H and O–H groups in total. The average Bonchev–Trinajstić information content (AvgIpc) is 3.40. The number of aromatic nitrogens is 3. The molecule has 1 saturated carbocycles. The van der Waals surface area contributed by atoms with Gasteiger partial charge in [0.2, 0.25) is 5.91 Å². The zero-order valence-electron chi connectivity index (χ0n) is 14.0. The van der Waals surface area contributed by atoms with Crippen LogP contribution in [-0.2, 0) is 4.79 Å². The predicted molar refractivity (Wildman–Crippen MR) is 93.1 cm³/mol. The molecule has 1 aliphatic heterocycles. The highest BCUT2D eigenvalue weighted by Crippen LogP contribution is 2.38. The summed E-state index contributed by atoms with van der Waals surface area (Å²) >= 11 is 1.42. The van der Waals surface area contributed by atoms with Crippen molar-refractivity contribution in [1.29, 1.82) is 0 Å². The van der Waals surface area contributed by atoms with Gasteiger partial charge in [0, 0.05) is 6.04 Å². The summed E-state index contributed by atoms with van der Waals surface area (Å²) in [7, 11) is 0. The summed E-state index contributed by atoms with van der Waals surface area (Å²) < 4.78 is 13.6. The van der Waals surface area contributed by atoms with Gasteiger partial charge in [0.1, 0.15) is 18.5 Å². The number of aryl methyl sites for hydroxylation is 1. The first-order chi connectivity index (χ1) is 12.2. The van der Waals surface area contributed by atoms with E-state index in [1.54, 1.807) is 0 Å². The molecule has 1 aromatic heterocycles. The Morgan fingerprint density at radius 3 is 2.92 bits per heavy atom. The van der Waals surface area contributed by atoms with Gasteiger partial charge in [-0.1, -0.05) is 23.9 Å². The van der Waals surface area contributed by atoms with Gasteiger partial charge in [-0.15, -0.1) is 10.2 Å². The number of ether oxygens (including phenoxy) is 2. The number of para-hydroxylation sites is 2. The monoisotopic (exact) mass is 360 g/mol. The van der Waals surface area contributed by atoms with E-state index in [9.17, 15) is 4.79 Å². The van der Waals surface area contributed by atoms with E-state index < -0.39 is 0 Å². The number of hydrogen-bond acceptors (Lipinski definition) is 6. The number of hydrogen-bond donors (Lipinski definition) is 1. The third-order valence-electron chi connectivity index (χ3n) is 4.17. The second-order valence-corrected chi connectivity index (χ2v) is 7.16. The third-order valence-corrected chi connectivity index (χ3v) is 5.12. The van der Waals surface area contributed by atoms with Crippen LogP contribution in [0.25, 0.3) is 0 Å². The second-order valence-electron chi connectivity index (χ2n) is 6.22. The Morgan fingerprint density at radius 2 is 2.12 bits per heavy atom. The van der Waals surface area contributed by atoms with Crippen LogP contribution in [0.5, 0.6) is 11.5 Å². The van der Waals surface area contributed by atoms with Crippen molar-refractivity contribution in [1.82, 2.24) is 20.1 Å². The molecule has 0 radical (unpaired) electrons. The maximum atomic E-state index is 12.1. The quantitative estimate of drug-likeness (QED) is 0.794. The van der Waals surface area contributed by atoms with Crippen molar-refractivity contribution in [3.05, 3.63) is 30.1 Å². The molecular formula is C17H20N4O3S. The molecule has 2 heterocycles. The first-order valence-corrected chi connectivity index (χ1v) is 9.39. The Bertz CT molecular complexity index is 775. The topological polar surface area (TPSA) is 78.3 Å². The van der Waals surface area contributed by atoms with Crippen LogP contribution in [0, 0.1) is 6.92 Å². The Hall–Kier alpha value is -2.22. The molecule has 2 aromatic rings. The molecule has 132 valence electrons. The molecular weight excluding hydrogens is 340 g/mol. The molecule has 0 saturated heterocycles. The van der Waals surface area contributed by atoms with Crippen LogP contribution in [0.2, 0.25) is 0 Å². The fourth-order valence-electron chi connectivity index (χ4n) is 2.77. The van der Waals surface area contributed by atoms with Gasteiger partial charge in [0.15, 0.2) is 16.7 Å². The van der Waals surface area contributed by atoms with Crippen molar-refractivity contribution in [3.63, 3.8) is 0 Å². The van der Waals surface area contributed by atoms with E-state index in [1.165, 1.54) is 24.6 Å². The maximum Gasteiger partial charge on any atom is 0.230 e. The summed E-state index contributed by atoms with van der Waals surface area (Å²) in [5, 5.41) is 12.0. The number of rotatable bonds is 6. The lowest BCUT2D eigenvalue weighted by Gasteiger charge is -2.26. The van der Waals surface area contributed by atoms with Crippen LogP contribution in [-0.4, -0.2) is 45.7 Å². The van der Waals surface area contributed by atoms with E-state index in [4.69, 9.17) is 9.47 Å². The van der Waals surface area contributed by atoms with E-state index in [2.05, 4.69) is 20.1 Å². The molecule has 1 amide bonds. The molecule has 25 heavy (non-hydrogen) atoms. The van der Waals surface area contributed by atoms with Crippen molar-refractivity contribution in [2.45, 2.75) is 37.1 Å². The number of fused-ring (bicyclic) bond motifs is 1. The Morgan fingerprint density at radius 1 is 1.32 bits per heavy atom. The van der Waals surface area contributed by atoms with Gasteiger partial charge in [0.05, 0.1) is 12.3 Å². The molecule has 8 heteroatoms. The Kier molecular flexibility index (Phi) is 4.52. The van der Waals surface area contributed by atoms with Gasteiger partial charge < -0.3 is 19.4 Å². The van der Waals surface area contributed by atoms with Gasteiger partial charge in [0.25, 0.3) is 0 Å². The molecule has 1 fully saturated rings. The molecule has 7 nitrogen and oxygen atoms in total. The first kappa shape index (κ1) is 16.3. The highest BCUT2D eigenvalue weighted by molar-refractivity contribution is 7.99. The summed E-state index contributed by atoms with van der Waals surface area (Å²) in [5.74, 6) is 2.65. The lowest BCUT2D eigenvalue weighted by Crippen LogP contribution is -2.41. The molecule has 1 aromatic carbocycles. The lowest BCUT2D eigenvalue weighted by atomic mass is 10.2. The molecule has 4 rings (SSSR count). The summed E-state index contributed by atoms with van der Waals surface area (Å²) in [6.07, 6.45) is 2.15. The fourth-order valence-corrected chi connectivity index (χ4v) is 3.66. The van der Waals surface area contributed by atoms with Gasteiger partial charge >= 0.3 is 0 Å². The van der Waals surface area contributed by atoms with Crippen molar-refractivity contribution in [2.75, 3.05) is 18.9 Å². The van der Waals surface area contributed by atoms with E-state index in [0.29, 0.717) is 24.9 Å². The summed E-state index contributed by atoms with van der Waals surface area (Å²) in [5.41, 5.74) is 0. The van der Waals surface area contributed by atoms with Gasteiger partial charge in [-0.2, -0.15) is 0 Å². The fraction of sp³-hybridized carbons (Fsp3) is 0.471. The number of nitrogens with one attached hydrogen (secondary N) is 1. The van der Waals surface area contributed by atoms with E-state index in [0.717, 1.165) is 22.5 Å². The molecule has 1 atom stereocenters. The SMILES string of the molecule is Cc1nnc(SCC(=O)NC[C@H]2COc3ccccc3O2)n1C1CC1. The predicted octanol–water partition coefficient (Wildman–Crippen LogP) is 1.97. The first-order valence-electron chi connectivity index (χ1n) is 8.40. The molecule has 0 bridgehead atoms. The molecule has 2 aliphatic rings. The van der Waals surface area contributed by atoms with Crippen LogP contribution < -0.4 is 14.8 Å². The number of nitrogens with zero attached hydrogens (tertiary/aromatic N) is 3. The highest BCUT2D eigenvalue weighted by Gasteiger charge is 2.28. The Labute approximate surface area is 150 Å². The van der Waals surface area contributed by atoms with Crippen LogP contribution in [0.15, 0.2) is 29.4 Å². The molecule has 0 spiro atoms. The van der Waals surface area contributed by atoms with Crippen LogP contribution >= 0.6 is 11.8 Å². The number of carbonyl (C=O) groups excluding carboxylic acids is 1. The number of amides is 1. The summed E-state index contributed by atoms with van der Waals surface area (Å²) in [6, 6.07) is 8.06. The number of thioether (sulfide) groups is 1. The molecule has 0 unspecified atom stereocenters. The number of carbonyl (C=O) groups is 1. The van der Waals surface area contributed by atoms with Crippen molar-refractivity contribution in [3.8, 4) is 11.5 Å². The lowest BCUT2D eigenvalue weighted by molar-refractivity contribution is -0.119. The van der Waals surface area contributed by atoms with Crippen LogP contribution in [0.1, 0.15) is 24.7 Å². The van der Waals surface area contributed by atoms with E-state index in [1.807, 2.05) is 31.2 Å². The van der Waals surface area contributed by atoms with Crippen LogP contribution in [0.4, 0.5) is 0 Å². The molecule has 1 aliphatic carbocycles. The standard InChI is InChI=1S/C17H20N4O3S/c1-11-19-20-17(21(11)12-6-7-12)25-10-16(22)18-8-13-9-23-14-4-2-3-5-15(14)24-13/h2-5,12-13H,6-10H2,1H3,(H,18,22)/t13-/m0/s1. The zero-order valence-corrected chi connectivity index (χ0v) is 14.8. The minimum absolute atomic E-state index is 0.0459. The van der Waals surface area contributed by atoms with Gasteiger partial charge in [-0.25, -0.2) is 0 Å². The van der Waals surface area contributed by atoms with Gasteiger partial charge in [-0.3, -0.25) is 4.79 Å². The minimum atomic E-state index is -0.179. The Balaban J connectivity index is 1.25. The normalized spacial score (nSPS) is 18.8. The minimum Gasteiger partial charge on any atom is -0.486 e. The summed E-state index contributed by atoms with van der Waals surface area (Å²) in [4.78, 5) is 12.1. The second kappa shape index (κ2) is 6.95. The van der Waals surface area contributed by atoms with Crippen molar-refractivity contribution in [2.24, 2.45) is 0 Å². The summed E-state index contributed by atoms with van der Waals surface area (Å²) in [6.45, 7) is 2.80. The van der Waals surface area contributed by atoms with Crippen molar-refractivity contribution < 1.29 is 14.3 Å². The largest absolute Gasteiger partial charge is 0.486 e. The third kappa shape index (κ3) is 3.73. The highest BCUT2D eigenvalue weighted by atomic mass is 32.2. The number of benzene rings is 1. The van der Waals surface area contributed by atoms with E-state index >= 15 is 0 Å². The maximum absolute atomic E-state index is 12.1. The van der Waals surface area contributed by atoms with Gasteiger partial charge in [-0.05, 0) is 31.9 Å². The zero-order chi connectivity index (χ0) is 17.2. The van der Waals surface area contributed by atoms with Crippen molar-refractivity contribution >= 4 is 17.7 Å². The van der Waals surface area contributed by atoms with Crippen LogP contribution in [0.3, 0.4) is 0 Å². The smallest absolute Gasteiger partial charge is 0.230 e. The van der Waals surface area contributed by atoms with E-state index in [-0.39, 0.29) is 12.0 Å².